The van der Waals surface area contributed by atoms with E-state index in [2.05, 4.69) is 19.1 Å². The predicted octanol–water partition coefficient (Wildman–Crippen LogP) is 4.29. The molecule has 2 aromatic carbocycles. The van der Waals surface area contributed by atoms with Crippen LogP contribution >= 0.6 is 0 Å². The fraction of sp³-hybridized carbons (Fsp3) is 0.409. The lowest BCUT2D eigenvalue weighted by Gasteiger charge is -2.30. The maximum Gasteiger partial charge on any atom is 0.254 e. The van der Waals surface area contributed by atoms with Gasteiger partial charge in [0, 0.05) is 24.6 Å². The Morgan fingerprint density at radius 2 is 1.81 bits per heavy atom. The number of benzene rings is 2. The van der Waals surface area contributed by atoms with Gasteiger partial charge in [-0.3, -0.25) is 4.79 Å². The van der Waals surface area contributed by atoms with E-state index in [0.717, 1.165) is 17.7 Å². The third-order valence-electron chi connectivity index (χ3n) is 5.25. The number of carbonyl (C=O) groups excluding carboxylic acids is 1. The Balaban J connectivity index is 1.60. The predicted molar refractivity (Wildman–Crippen MR) is 101 cm³/mol. The zero-order chi connectivity index (χ0) is 17.9. The second kappa shape index (κ2) is 7.40. The van der Waals surface area contributed by atoms with Crippen molar-refractivity contribution in [2.45, 2.75) is 38.8 Å². The molecule has 1 saturated carbocycles. The van der Waals surface area contributed by atoms with Crippen molar-refractivity contribution in [1.29, 1.82) is 0 Å². The van der Waals surface area contributed by atoms with Crippen LogP contribution in [0.3, 0.4) is 0 Å². The summed E-state index contributed by atoms with van der Waals surface area (Å²) in [6.45, 7) is 4.07. The second-order valence-corrected chi connectivity index (χ2v) is 7.21. The van der Waals surface area contributed by atoms with Gasteiger partial charge in [-0.15, -0.1) is 0 Å². The molecule has 0 N–H and O–H groups in total. The van der Waals surface area contributed by atoms with Gasteiger partial charge in [-0.2, -0.15) is 0 Å². The van der Waals surface area contributed by atoms with Crippen LogP contribution in [0.5, 0.6) is 11.5 Å². The van der Waals surface area contributed by atoms with E-state index >= 15 is 0 Å². The van der Waals surface area contributed by atoms with E-state index in [9.17, 15) is 4.79 Å². The van der Waals surface area contributed by atoms with Gasteiger partial charge in [0.25, 0.3) is 5.91 Å². The van der Waals surface area contributed by atoms with Gasteiger partial charge in [0.05, 0.1) is 13.2 Å². The highest BCUT2D eigenvalue weighted by Crippen LogP contribution is 2.37. The van der Waals surface area contributed by atoms with E-state index < -0.39 is 0 Å². The van der Waals surface area contributed by atoms with E-state index in [1.54, 1.807) is 0 Å². The average molecular weight is 351 g/mol. The summed E-state index contributed by atoms with van der Waals surface area (Å²) >= 11 is 0. The highest BCUT2D eigenvalue weighted by atomic mass is 16.5. The maximum absolute atomic E-state index is 13.3. The topological polar surface area (TPSA) is 38.8 Å². The van der Waals surface area contributed by atoms with Crippen molar-refractivity contribution in [3.63, 3.8) is 0 Å². The molecule has 1 fully saturated rings. The summed E-state index contributed by atoms with van der Waals surface area (Å²) in [4.78, 5) is 15.3. The molecule has 1 amide bonds. The maximum atomic E-state index is 13.3. The molecular formula is C22H25NO3. The van der Waals surface area contributed by atoms with Crippen LogP contribution < -0.4 is 9.47 Å². The molecule has 2 aromatic rings. The molecule has 0 radical (unpaired) electrons. The summed E-state index contributed by atoms with van der Waals surface area (Å²) in [5, 5.41) is 0. The van der Waals surface area contributed by atoms with Gasteiger partial charge in [0.1, 0.15) is 0 Å². The first kappa shape index (κ1) is 17.0. The largest absolute Gasteiger partial charge is 0.490 e. The molecule has 0 aromatic heterocycles. The Morgan fingerprint density at radius 3 is 2.54 bits per heavy atom. The molecular weight excluding hydrogens is 326 g/mol. The van der Waals surface area contributed by atoms with Crippen LogP contribution in [0.2, 0.25) is 0 Å². The zero-order valence-corrected chi connectivity index (χ0v) is 15.2. The Bertz CT molecular complexity index is 770. The number of fused-ring (bicyclic) bond motifs is 1. The SMILES string of the molecule is CC(C1CC1)N(Cc1ccccc1)C(=O)c1ccc2c(c1)OCCCO2. The van der Waals surface area contributed by atoms with E-state index in [1.165, 1.54) is 12.8 Å². The Hall–Kier alpha value is -2.49. The number of rotatable bonds is 5. The van der Waals surface area contributed by atoms with E-state index in [1.807, 2.05) is 41.3 Å². The number of amides is 1. The van der Waals surface area contributed by atoms with E-state index in [4.69, 9.17) is 9.47 Å². The molecule has 0 saturated heterocycles. The van der Waals surface area contributed by atoms with Gasteiger partial charge in [0.15, 0.2) is 11.5 Å². The van der Waals surface area contributed by atoms with Crippen molar-refractivity contribution >= 4 is 5.91 Å². The molecule has 26 heavy (non-hydrogen) atoms. The summed E-state index contributed by atoms with van der Waals surface area (Å²) in [5.41, 5.74) is 1.82. The Labute approximate surface area is 154 Å². The first-order valence-electron chi connectivity index (χ1n) is 9.47. The van der Waals surface area contributed by atoms with Crippen LogP contribution in [-0.4, -0.2) is 30.1 Å². The van der Waals surface area contributed by atoms with Crippen LogP contribution in [0.4, 0.5) is 0 Å². The van der Waals surface area contributed by atoms with Gasteiger partial charge in [0.2, 0.25) is 0 Å². The molecule has 4 nitrogen and oxygen atoms in total. The van der Waals surface area contributed by atoms with Gasteiger partial charge in [-0.25, -0.2) is 0 Å². The van der Waals surface area contributed by atoms with Crippen molar-refractivity contribution in [1.82, 2.24) is 4.90 Å². The zero-order valence-electron chi connectivity index (χ0n) is 15.2. The monoisotopic (exact) mass is 351 g/mol. The summed E-state index contributed by atoms with van der Waals surface area (Å²) < 4.78 is 11.4. The van der Waals surface area contributed by atoms with Crippen LogP contribution in [0, 0.1) is 5.92 Å². The van der Waals surface area contributed by atoms with Crippen LogP contribution in [0.1, 0.15) is 42.1 Å². The molecule has 0 spiro atoms. The molecule has 1 atom stereocenters. The molecule has 0 bridgehead atoms. The molecule has 4 rings (SSSR count). The third kappa shape index (κ3) is 3.69. The van der Waals surface area contributed by atoms with Crippen LogP contribution in [-0.2, 0) is 6.54 Å². The lowest BCUT2D eigenvalue weighted by molar-refractivity contribution is 0.0654. The van der Waals surface area contributed by atoms with Crippen molar-refractivity contribution in [3.8, 4) is 11.5 Å². The molecule has 4 heteroatoms. The van der Waals surface area contributed by atoms with Gasteiger partial charge in [-0.05, 0) is 49.4 Å². The highest BCUT2D eigenvalue weighted by Gasteiger charge is 2.34. The quantitative estimate of drug-likeness (QED) is 0.807. The molecule has 1 aliphatic carbocycles. The fourth-order valence-corrected chi connectivity index (χ4v) is 3.48. The molecule has 136 valence electrons. The normalized spacial score (nSPS) is 17.3. The molecule has 1 heterocycles. The van der Waals surface area contributed by atoms with Crippen molar-refractivity contribution in [2.75, 3.05) is 13.2 Å². The van der Waals surface area contributed by atoms with Crippen molar-refractivity contribution in [3.05, 3.63) is 59.7 Å². The smallest absolute Gasteiger partial charge is 0.254 e. The minimum Gasteiger partial charge on any atom is -0.490 e. The number of carbonyl (C=O) groups is 1. The fourth-order valence-electron chi connectivity index (χ4n) is 3.48. The summed E-state index contributed by atoms with van der Waals surface area (Å²) in [6.07, 6.45) is 3.28. The van der Waals surface area contributed by atoms with Crippen LogP contribution in [0.15, 0.2) is 48.5 Å². The average Bonchev–Trinajstić information content (AvgIpc) is 3.52. The molecule has 1 aliphatic heterocycles. The van der Waals surface area contributed by atoms with E-state index in [-0.39, 0.29) is 11.9 Å². The summed E-state index contributed by atoms with van der Waals surface area (Å²) in [7, 11) is 0. The Morgan fingerprint density at radius 1 is 1.08 bits per heavy atom. The summed E-state index contributed by atoms with van der Waals surface area (Å²) in [6, 6.07) is 16.0. The number of hydrogen-bond acceptors (Lipinski definition) is 3. The number of ether oxygens (including phenoxy) is 2. The lowest BCUT2D eigenvalue weighted by Crippen LogP contribution is -2.39. The highest BCUT2D eigenvalue weighted by molar-refractivity contribution is 5.95. The van der Waals surface area contributed by atoms with Gasteiger partial charge < -0.3 is 14.4 Å². The van der Waals surface area contributed by atoms with Crippen molar-refractivity contribution in [2.24, 2.45) is 5.92 Å². The standard InChI is InChI=1S/C22H25NO3/c1-16(18-8-9-18)23(15-17-6-3-2-4-7-17)22(24)19-10-11-20-21(14-19)26-13-5-12-25-20/h2-4,6-7,10-11,14,16,18H,5,8-9,12-13,15H2,1H3. The second-order valence-electron chi connectivity index (χ2n) is 7.21. The minimum absolute atomic E-state index is 0.0592. The van der Waals surface area contributed by atoms with Crippen LogP contribution in [0.25, 0.3) is 0 Å². The van der Waals surface area contributed by atoms with E-state index in [0.29, 0.717) is 37.0 Å². The van der Waals surface area contributed by atoms with Crippen molar-refractivity contribution < 1.29 is 14.3 Å². The third-order valence-corrected chi connectivity index (χ3v) is 5.25. The molecule has 1 unspecified atom stereocenters. The van der Waals surface area contributed by atoms with Gasteiger partial charge >= 0.3 is 0 Å². The first-order chi connectivity index (χ1) is 12.7. The Kier molecular flexibility index (Phi) is 4.83. The molecule has 2 aliphatic rings. The van der Waals surface area contributed by atoms with Gasteiger partial charge in [-0.1, -0.05) is 30.3 Å². The summed E-state index contributed by atoms with van der Waals surface area (Å²) in [5.74, 6) is 2.07. The minimum atomic E-state index is 0.0592. The number of nitrogens with zero attached hydrogens (tertiary/aromatic N) is 1. The number of hydrogen-bond donors (Lipinski definition) is 0. The lowest BCUT2D eigenvalue weighted by atomic mass is 10.1. The first-order valence-corrected chi connectivity index (χ1v) is 9.47.